The maximum Gasteiger partial charge on any atom is 0.393 e. The third-order valence-electron chi connectivity index (χ3n) is 3.86. The second-order valence-corrected chi connectivity index (χ2v) is 6.43. The Hall–Kier alpha value is -0.590. The molecular formula is C15H20BrF3N2. The molecule has 1 aromatic carbocycles. The molecule has 118 valence electrons. The molecule has 1 N–H and O–H groups in total. The lowest BCUT2D eigenvalue weighted by molar-refractivity contribution is -0.187. The predicted molar refractivity (Wildman–Crippen MR) is 81.0 cm³/mol. The molecule has 6 heteroatoms. The van der Waals surface area contributed by atoms with Crippen molar-refractivity contribution in [3.05, 3.63) is 33.8 Å². The largest absolute Gasteiger partial charge is 0.393 e. The first-order valence-corrected chi connectivity index (χ1v) is 7.90. The number of nitrogens with zero attached hydrogens (tertiary/aromatic N) is 1. The van der Waals surface area contributed by atoms with E-state index < -0.39 is 12.1 Å². The van der Waals surface area contributed by atoms with Gasteiger partial charge in [-0.15, -0.1) is 0 Å². The summed E-state index contributed by atoms with van der Waals surface area (Å²) in [4.78, 5) is 1.90. The van der Waals surface area contributed by atoms with Crippen LogP contribution in [0.4, 0.5) is 13.2 Å². The van der Waals surface area contributed by atoms with E-state index in [0.29, 0.717) is 13.0 Å². The van der Waals surface area contributed by atoms with Gasteiger partial charge in [0.1, 0.15) is 0 Å². The Balaban J connectivity index is 2.01. The Morgan fingerprint density at radius 1 is 1.38 bits per heavy atom. The minimum absolute atomic E-state index is 0.105. The van der Waals surface area contributed by atoms with Crippen molar-refractivity contribution in [2.45, 2.75) is 32.1 Å². The Morgan fingerprint density at radius 2 is 2.14 bits per heavy atom. The van der Waals surface area contributed by atoms with Crippen molar-refractivity contribution in [2.75, 3.05) is 20.1 Å². The molecule has 0 bridgehead atoms. The van der Waals surface area contributed by atoms with Crippen LogP contribution in [0.3, 0.4) is 0 Å². The molecule has 1 aromatic rings. The normalized spacial score (nSPS) is 20.7. The average molecular weight is 365 g/mol. The lowest BCUT2D eigenvalue weighted by Gasteiger charge is -2.33. The highest BCUT2D eigenvalue weighted by atomic mass is 79.9. The van der Waals surface area contributed by atoms with Crippen LogP contribution in [0, 0.1) is 5.92 Å². The highest BCUT2D eigenvalue weighted by Crippen LogP contribution is 2.34. The summed E-state index contributed by atoms with van der Waals surface area (Å²) in [6.45, 7) is 2.18. The van der Waals surface area contributed by atoms with Gasteiger partial charge >= 0.3 is 6.18 Å². The second kappa shape index (κ2) is 7.11. The molecule has 0 amide bonds. The van der Waals surface area contributed by atoms with Crippen molar-refractivity contribution < 1.29 is 13.2 Å². The van der Waals surface area contributed by atoms with E-state index in [1.165, 1.54) is 0 Å². The molecule has 1 heterocycles. The quantitative estimate of drug-likeness (QED) is 0.870. The van der Waals surface area contributed by atoms with Gasteiger partial charge in [-0.05, 0) is 43.6 Å². The highest BCUT2D eigenvalue weighted by molar-refractivity contribution is 9.10. The molecule has 2 nitrogen and oxygen atoms in total. The van der Waals surface area contributed by atoms with E-state index in [1.54, 1.807) is 0 Å². The molecule has 0 aliphatic carbocycles. The fraction of sp³-hybridized carbons (Fsp3) is 0.600. The Bertz CT molecular complexity index is 476. The molecule has 1 unspecified atom stereocenters. The lowest BCUT2D eigenvalue weighted by Crippen LogP contribution is -2.41. The van der Waals surface area contributed by atoms with Crippen molar-refractivity contribution in [3.63, 3.8) is 0 Å². The van der Waals surface area contributed by atoms with Crippen molar-refractivity contribution in [3.8, 4) is 0 Å². The number of hydrogen-bond donors (Lipinski definition) is 1. The molecule has 1 atom stereocenters. The van der Waals surface area contributed by atoms with E-state index in [0.717, 1.165) is 28.7 Å². The van der Waals surface area contributed by atoms with Gasteiger partial charge in [0.05, 0.1) is 5.92 Å². The molecule has 21 heavy (non-hydrogen) atoms. The SMILES string of the molecule is CNCc1ccc(CN2CCCC(C(F)(F)F)C2)c(Br)c1. The summed E-state index contributed by atoms with van der Waals surface area (Å²) in [6.07, 6.45) is -3.21. The fourth-order valence-electron chi connectivity index (χ4n) is 2.74. The van der Waals surface area contributed by atoms with E-state index >= 15 is 0 Å². The number of benzene rings is 1. The zero-order valence-corrected chi connectivity index (χ0v) is 13.6. The third-order valence-corrected chi connectivity index (χ3v) is 4.60. The predicted octanol–water partition coefficient (Wildman–Crippen LogP) is 3.94. The van der Waals surface area contributed by atoms with E-state index in [1.807, 2.05) is 30.1 Å². The lowest BCUT2D eigenvalue weighted by atomic mass is 9.97. The summed E-state index contributed by atoms with van der Waals surface area (Å²) in [5.74, 6) is -1.19. The summed E-state index contributed by atoms with van der Waals surface area (Å²) in [5.41, 5.74) is 2.19. The highest BCUT2D eigenvalue weighted by Gasteiger charge is 2.41. The van der Waals surface area contributed by atoms with Crippen molar-refractivity contribution in [1.82, 2.24) is 10.2 Å². The minimum Gasteiger partial charge on any atom is -0.316 e. The molecule has 2 rings (SSSR count). The summed E-state index contributed by atoms with van der Waals surface area (Å²) >= 11 is 3.52. The van der Waals surface area contributed by atoms with Gasteiger partial charge in [-0.25, -0.2) is 0 Å². The van der Waals surface area contributed by atoms with E-state index in [-0.39, 0.29) is 13.0 Å². The Kier molecular flexibility index (Phi) is 5.68. The number of rotatable bonds is 4. The van der Waals surface area contributed by atoms with Crippen LogP contribution < -0.4 is 5.32 Å². The zero-order valence-electron chi connectivity index (χ0n) is 12.0. The Morgan fingerprint density at radius 3 is 2.76 bits per heavy atom. The molecule has 1 aliphatic rings. The average Bonchev–Trinajstić information content (AvgIpc) is 2.42. The second-order valence-electron chi connectivity index (χ2n) is 5.57. The van der Waals surface area contributed by atoms with Gasteiger partial charge in [0.25, 0.3) is 0 Å². The molecule has 0 saturated carbocycles. The Labute approximate surface area is 131 Å². The van der Waals surface area contributed by atoms with Crippen LogP contribution >= 0.6 is 15.9 Å². The van der Waals surface area contributed by atoms with E-state index in [9.17, 15) is 13.2 Å². The van der Waals surface area contributed by atoms with Crippen molar-refractivity contribution >= 4 is 15.9 Å². The van der Waals surface area contributed by atoms with Gasteiger partial charge in [0, 0.05) is 24.1 Å². The summed E-state index contributed by atoms with van der Waals surface area (Å²) in [6, 6.07) is 6.03. The smallest absolute Gasteiger partial charge is 0.316 e. The van der Waals surface area contributed by atoms with Gasteiger partial charge in [0.2, 0.25) is 0 Å². The van der Waals surface area contributed by atoms with E-state index in [4.69, 9.17) is 0 Å². The van der Waals surface area contributed by atoms with Crippen LogP contribution in [-0.4, -0.2) is 31.2 Å². The van der Waals surface area contributed by atoms with Crippen LogP contribution in [0.2, 0.25) is 0 Å². The first-order chi connectivity index (χ1) is 9.90. The first kappa shape index (κ1) is 16.8. The number of alkyl halides is 3. The maximum absolute atomic E-state index is 12.8. The third kappa shape index (κ3) is 4.69. The zero-order chi connectivity index (χ0) is 15.5. The summed E-state index contributed by atoms with van der Waals surface area (Å²) in [7, 11) is 1.88. The fourth-order valence-corrected chi connectivity index (χ4v) is 3.29. The summed E-state index contributed by atoms with van der Waals surface area (Å²) in [5, 5.41) is 3.08. The molecule has 0 radical (unpaired) electrons. The van der Waals surface area contributed by atoms with Gasteiger partial charge in [-0.1, -0.05) is 28.1 Å². The van der Waals surface area contributed by atoms with Gasteiger partial charge in [-0.3, -0.25) is 4.90 Å². The minimum atomic E-state index is -4.08. The van der Waals surface area contributed by atoms with Crippen LogP contribution in [0.25, 0.3) is 0 Å². The molecule has 0 spiro atoms. The number of nitrogens with one attached hydrogen (secondary N) is 1. The van der Waals surface area contributed by atoms with Gasteiger partial charge in [-0.2, -0.15) is 13.2 Å². The van der Waals surface area contributed by atoms with Gasteiger partial charge < -0.3 is 5.32 Å². The number of likely N-dealkylation sites (tertiary alicyclic amines) is 1. The van der Waals surface area contributed by atoms with E-state index in [2.05, 4.69) is 21.2 Å². The molecule has 1 saturated heterocycles. The maximum atomic E-state index is 12.8. The number of piperidine rings is 1. The summed E-state index contributed by atoms with van der Waals surface area (Å²) < 4.78 is 39.4. The molecular weight excluding hydrogens is 345 g/mol. The van der Waals surface area contributed by atoms with Crippen LogP contribution in [-0.2, 0) is 13.1 Å². The topological polar surface area (TPSA) is 15.3 Å². The van der Waals surface area contributed by atoms with Crippen LogP contribution in [0.15, 0.2) is 22.7 Å². The first-order valence-electron chi connectivity index (χ1n) is 7.11. The molecule has 1 aliphatic heterocycles. The number of hydrogen-bond acceptors (Lipinski definition) is 2. The number of halogens is 4. The standard InChI is InChI=1S/C15H20BrF3N2/c1-20-8-11-4-5-12(14(16)7-11)9-21-6-2-3-13(10-21)15(17,18)19/h4-5,7,13,20H,2-3,6,8-10H2,1H3. The molecule has 0 aromatic heterocycles. The monoisotopic (exact) mass is 364 g/mol. The van der Waals surface area contributed by atoms with Gasteiger partial charge in [0.15, 0.2) is 0 Å². The van der Waals surface area contributed by atoms with Crippen LogP contribution in [0.1, 0.15) is 24.0 Å². The molecule has 1 fully saturated rings. The van der Waals surface area contributed by atoms with Crippen molar-refractivity contribution in [2.24, 2.45) is 5.92 Å². The van der Waals surface area contributed by atoms with Crippen molar-refractivity contribution in [1.29, 1.82) is 0 Å². The van der Waals surface area contributed by atoms with Crippen LogP contribution in [0.5, 0.6) is 0 Å².